The third-order valence-electron chi connectivity index (χ3n) is 5.19. The first-order chi connectivity index (χ1) is 12.6. The van der Waals surface area contributed by atoms with Crippen molar-refractivity contribution in [3.8, 4) is 0 Å². The number of anilines is 2. The molecule has 2 aromatic rings. The van der Waals surface area contributed by atoms with Gasteiger partial charge in [0, 0.05) is 11.4 Å². The van der Waals surface area contributed by atoms with Gasteiger partial charge in [-0.15, -0.1) is 0 Å². The molecule has 2 N–H and O–H groups in total. The summed E-state index contributed by atoms with van der Waals surface area (Å²) in [5, 5.41) is 0. The van der Waals surface area contributed by atoms with E-state index in [0.717, 1.165) is 25.7 Å². The van der Waals surface area contributed by atoms with Gasteiger partial charge in [0.2, 0.25) is 0 Å². The first-order valence-electron chi connectivity index (χ1n) is 9.60. The van der Waals surface area contributed by atoms with Gasteiger partial charge in [-0.25, -0.2) is 0 Å². The molecular weight excluding hydrogens is 322 g/mol. The maximum Gasteiger partial charge on any atom is 0.134 e. The van der Waals surface area contributed by atoms with Crippen molar-refractivity contribution in [1.82, 2.24) is 4.90 Å². The molecule has 0 saturated carbocycles. The van der Waals surface area contributed by atoms with Gasteiger partial charge in [0.05, 0.1) is 12.8 Å². The molecule has 140 valence electrons. The van der Waals surface area contributed by atoms with Crippen molar-refractivity contribution in [2.24, 2.45) is 5.73 Å². The zero-order chi connectivity index (χ0) is 18.5. The Balaban J connectivity index is 1.88. The predicted octanol–water partition coefficient (Wildman–Crippen LogP) is 3.91. The molecule has 0 spiro atoms. The van der Waals surface area contributed by atoms with Gasteiger partial charge in [-0.05, 0) is 63.0 Å². The highest BCUT2D eigenvalue weighted by Crippen LogP contribution is 2.38. The van der Waals surface area contributed by atoms with Crippen LogP contribution < -0.4 is 10.6 Å². The van der Waals surface area contributed by atoms with Crippen molar-refractivity contribution >= 4 is 11.4 Å². The summed E-state index contributed by atoms with van der Waals surface area (Å²) >= 11 is 0. The molecule has 2 atom stereocenters. The highest BCUT2D eigenvalue weighted by Gasteiger charge is 2.26. The van der Waals surface area contributed by atoms with Crippen LogP contribution in [0.1, 0.15) is 30.9 Å². The summed E-state index contributed by atoms with van der Waals surface area (Å²) in [5.41, 5.74) is 11.4. The van der Waals surface area contributed by atoms with Crippen LogP contribution in [-0.2, 0) is 17.6 Å². The zero-order valence-electron chi connectivity index (χ0n) is 16.2. The van der Waals surface area contributed by atoms with Crippen LogP contribution in [0.2, 0.25) is 0 Å². The second-order valence-electron chi connectivity index (χ2n) is 7.18. The third kappa shape index (κ3) is 4.09. The molecule has 0 bridgehead atoms. The van der Waals surface area contributed by atoms with Crippen molar-refractivity contribution in [1.29, 1.82) is 0 Å². The Morgan fingerprint density at radius 2 is 1.54 bits per heavy atom. The molecule has 2 unspecified atom stereocenters. The average Bonchev–Trinajstić information content (AvgIpc) is 2.82. The molecule has 3 rings (SSSR count). The smallest absolute Gasteiger partial charge is 0.134 e. The maximum atomic E-state index is 6.34. The van der Waals surface area contributed by atoms with E-state index in [1.165, 1.54) is 22.5 Å². The van der Waals surface area contributed by atoms with Crippen molar-refractivity contribution in [3.05, 3.63) is 59.7 Å². The second-order valence-corrected chi connectivity index (χ2v) is 7.18. The predicted molar refractivity (Wildman–Crippen MR) is 109 cm³/mol. The molecular formula is C22H31N3O. The number of hydrogen-bond acceptors (Lipinski definition) is 4. The number of nitrogens with zero attached hydrogens (tertiary/aromatic N) is 2. The maximum absolute atomic E-state index is 6.34. The lowest BCUT2D eigenvalue weighted by Crippen LogP contribution is -2.39. The number of ether oxygens (including phenoxy) is 1. The summed E-state index contributed by atoms with van der Waals surface area (Å²) in [6.45, 7) is 2.84. The number of hydrogen-bond donors (Lipinski definition) is 1. The van der Waals surface area contributed by atoms with E-state index in [0.29, 0.717) is 6.61 Å². The van der Waals surface area contributed by atoms with E-state index < -0.39 is 0 Å². The van der Waals surface area contributed by atoms with Crippen LogP contribution >= 0.6 is 0 Å². The van der Waals surface area contributed by atoms with Crippen molar-refractivity contribution in [3.63, 3.8) is 0 Å². The van der Waals surface area contributed by atoms with Gasteiger partial charge in [-0.2, -0.15) is 0 Å². The van der Waals surface area contributed by atoms with Gasteiger partial charge in [-0.3, -0.25) is 4.90 Å². The Bertz CT molecular complexity index is 669. The van der Waals surface area contributed by atoms with Gasteiger partial charge < -0.3 is 15.4 Å². The first kappa shape index (κ1) is 18.9. The number of para-hydroxylation sites is 2. The van der Waals surface area contributed by atoms with Crippen LogP contribution in [-0.4, -0.2) is 38.0 Å². The second kappa shape index (κ2) is 8.67. The fourth-order valence-electron chi connectivity index (χ4n) is 3.58. The molecule has 1 aliphatic heterocycles. The topological polar surface area (TPSA) is 41.7 Å². The van der Waals surface area contributed by atoms with Crippen molar-refractivity contribution in [2.45, 2.75) is 45.0 Å². The lowest BCUT2D eigenvalue weighted by molar-refractivity contribution is 0.0430. The molecule has 0 aromatic heterocycles. The summed E-state index contributed by atoms with van der Waals surface area (Å²) in [6, 6.07) is 17.4. The van der Waals surface area contributed by atoms with E-state index in [4.69, 9.17) is 10.5 Å². The minimum absolute atomic E-state index is 0.00441. The number of aryl methyl sites for hydroxylation is 2. The Kier molecular flexibility index (Phi) is 6.30. The normalized spacial score (nSPS) is 16.0. The molecule has 0 radical (unpaired) electrons. The Labute approximate surface area is 157 Å². The Morgan fingerprint density at radius 1 is 1.00 bits per heavy atom. The number of benzene rings is 2. The van der Waals surface area contributed by atoms with Crippen molar-refractivity contribution < 1.29 is 4.74 Å². The molecule has 1 heterocycles. The Hall–Kier alpha value is -1.88. The molecule has 4 heteroatoms. The van der Waals surface area contributed by atoms with Crippen LogP contribution in [0.5, 0.6) is 0 Å². The molecule has 0 amide bonds. The van der Waals surface area contributed by atoms with Crippen LogP contribution in [0.4, 0.5) is 11.4 Å². The van der Waals surface area contributed by atoms with E-state index in [-0.39, 0.29) is 12.4 Å². The number of rotatable bonds is 7. The SMILES string of the molecule is CCC(OCCC(N)N(C)C)N1c2ccccc2CCc2ccccc21. The summed E-state index contributed by atoms with van der Waals surface area (Å²) in [4.78, 5) is 4.42. The number of fused-ring (bicyclic) bond motifs is 2. The third-order valence-corrected chi connectivity index (χ3v) is 5.19. The molecule has 1 aliphatic rings. The van der Waals surface area contributed by atoms with E-state index in [1.54, 1.807) is 0 Å². The quantitative estimate of drug-likeness (QED) is 0.766. The summed E-state index contributed by atoms with van der Waals surface area (Å²) in [7, 11) is 4.01. The standard InChI is InChI=1S/C22H31N3O/c1-4-22(26-16-15-21(23)24(2)3)25-19-11-7-5-9-17(19)13-14-18-10-6-8-12-20(18)25/h5-12,21-22H,4,13-16,23H2,1-3H3. The molecule has 2 aromatic carbocycles. The monoisotopic (exact) mass is 353 g/mol. The lowest BCUT2D eigenvalue weighted by Gasteiger charge is -2.34. The molecule has 4 nitrogen and oxygen atoms in total. The molecule has 0 fully saturated rings. The highest BCUT2D eigenvalue weighted by molar-refractivity contribution is 5.71. The minimum atomic E-state index is 0.00441. The van der Waals surface area contributed by atoms with E-state index >= 15 is 0 Å². The molecule has 0 aliphatic carbocycles. The van der Waals surface area contributed by atoms with Crippen LogP contribution in [0.25, 0.3) is 0 Å². The minimum Gasteiger partial charge on any atom is -0.358 e. The van der Waals surface area contributed by atoms with Crippen molar-refractivity contribution in [2.75, 3.05) is 25.6 Å². The Morgan fingerprint density at radius 3 is 2.04 bits per heavy atom. The van der Waals surface area contributed by atoms with Gasteiger partial charge in [-0.1, -0.05) is 43.3 Å². The summed E-state index contributed by atoms with van der Waals surface area (Å²) in [6.07, 6.45) is 3.89. The van der Waals surface area contributed by atoms with Gasteiger partial charge in [0.25, 0.3) is 0 Å². The average molecular weight is 354 g/mol. The molecule has 0 saturated heterocycles. The van der Waals surface area contributed by atoms with Crippen LogP contribution in [0, 0.1) is 0 Å². The van der Waals surface area contributed by atoms with Crippen LogP contribution in [0.3, 0.4) is 0 Å². The van der Waals surface area contributed by atoms with Gasteiger partial charge in [0.15, 0.2) is 0 Å². The number of nitrogens with two attached hydrogens (primary N) is 1. The largest absolute Gasteiger partial charge is 0.358 e. The van der Waals surface area contributed by atoms with E-state index in [1.807, 2.05) is 19.0 Å². The lowest BCUT2D eigenvalue weighted by atomic mass is 10.0. The van der Waals surface area contributed by atoms with Gasteiger partial charge in [0.1, 0.15) is 6.23 Å². The molecule has 26 heavy (non-hydrogen) atoms. The van der Waals surface area contributed by atoms with Gasteiger partial charge >= 0.3 is 0 Å². The first-order valence-corrected chi connectivity index (χ1v) is 9.60. The zero-order valence-corrected chi connectivity index (χ0v) is 16.2. The fraction of sp³-hybridized carbons (Fsp3) is 0.455. The fourth-order valence-corrected chi connectivity index (χ4v) is 3.58. The van der Waals surface area contributed by atoms with E-state index in [2.05, 4.69) is 60.4 Å². The highest BCUT2D eigenvalue weighted by atomic mass is 16.5. The van der Waals surface area contributed by atoms with Crippen LogP contribution in [0.15, 0.2) is 48.5 Å². The summed E-state index contributed by atoms with van der Waals surface area (Å²) < 4.78 is 6.34. The summed E-state index contributed by atoms with van der Waals surface area (Å²) in [5.74, 6) is 0. The van der Waals surface area contributed by atoms with E-state index in [9.17, 15) is 0 Å².